The van der Waals surface area contributed by atoms with Gasteiger partial charge < -0.3 is 23.8 Å². The Morgan fingerprint density at radius 3 is 2.35 bits per heavy atom. The third-order valence-corrected chi connectivity index (χ3v) is 4.99. The van der Waals surface area contributed by atoms with E-state index in [9.17, 15) is 4.79 Å². The second-order valence-corrected chi connectivity index (χ2v) is 8.81. The van der Waals surface area contributed by atoms with Crippen LogP contribution in [0.3, 0.4) is 0 Å². The maximum Gasteiger partial charge on any atom is 0.410 e. The third-order valence-electron chi connectivity index (χ3n) is 4.14. The van der Waals surface area contributed by atoms with Gasteiger partial charge in [-0.2, -0.15) is 0 Å². The molecule has 144 valence electrons. The number of likely N-dealkylation sites (tertiary alicyclic amines) is 1. The van der Waals surface area contributed by atoms with E-state index in [0.29, 0.717) is 19.7 Å². The lowest BCUT2D eigenvalue weighted by Crippen LogP contribution is -2.57. The highest BCUT2D eigenvalue weighted by Crippen LogP contribution is 2.26. The average Bonchev–Trinajstić information content (AvgIpc) is 2.52. The molecule has 0 aromatic heterocycles. The van der Waals surface area contributed by atoms with E-state index < -0.39 is 5.60 Å². The van der Waals surface area contributed by atoms with Gasteiger partial charge in [-0.1, -0.05) is 15.9 Å². The Bertz CT molecular complexity index is 609. The zero-order valence-corrected chi connectivity index (χ0v) is 17.0. The van der Waals surface area contributed by atoms with Crippen molar-refractivity contribution in [3.05, 3.63) is 24.3 Å². The van der Waals surface area contributed by atoms with E-state index in [4.69, 9.17) is 18.9 Å². The zero-order chi connectivity index (χ0) is 18.7. The van der Waals surface area contributed by atoms with Crippen LogP contribution in [0.15, 0.2) is 24.3 Å². The molecular formula is C19H26BrNO5. The summed E-state index contributed by atoms with van der Waals surface area (Å²) in [6.07, 6.45) is 0.694. The van der Waals surface area contributed by atoms with Crippen LogP contribution >= 0.6 is 15.9 Å². The van der Waals surface area contributed by atoms with Gasteiger partial charge >= 0.3 is 6.09 Å². The Hall–Kier alpha value is -1.47. The molecule has 2 aliphatic heterocycles. The van der Waals surface area contributed by atoms with E-state index in [1.165, 1.54) is 0 Å². The lowest BCUT2D eigenvalue weighted by atomic mass is 10.1. The summed E-state index contributed by atoms with van der Waals surface area (Å²) < 4.78 is 22.6. The summed E-state index contributed by atoms with van der Waals surface area (Å²) in [5.41, 5.74) is -0.475. The molecule has 6 nitrogen and oxygen atoms in total. The Morgan fingerprint density at radius 2 is 1.77 bits per heavy atom. The molecule has 3 rings (SSSR count). The molecule has 0 saturated carbocycles. The Balaban J connectivity index is 1.43. The number of nitrogens with zero attached hydrogens (tertiary/aromatic N) is 1. The van der Waals surface area contributed by atoms with Crippen molar-refractivity contribution in [2.24, 2.45) is 0 Å². The van der Waals surface area contributed by atoms with Gasteiger partial charge in [0.1, 0.15) is 29.3 Å². The smallest absolute Gasteiger partial charge is 0.410 e. The Labute approximate surface area is 162 Å². The number of ether oxygens (including phenoxy) is 4. The number of rotatable bonds is 4. The molecule has 0 spiro atoms. The van der Waals surface area contributed by atoms with E-state index in [1.54, 1.807) is 4.90 Å². The van der Waals surface area contributed by atoms with E-state index in [0.717, 1.165) is 24.5 Å². The van der Waals surface area contributed by atoms with Crippen molar-refractivity contribution in [2.45, 2.75) is 49.8 Å². The number of hydrogen-bond donors (Lipinski definition) is 0. The fourth-order valence-electron chi connectivity index (χ4n) is 2.77. The van der Waals surface area contributed by atoms with Crippen molar-refractivity contribution in [1.29, 1.82) is 0 Å². The molecule has 7 heteroatoms. The summed E-state index contributed by atoms with van der Waals surface area (Å²) in [4.78, 5) is 13.8. The quantitative estimate of drug-likeness (QED) is 0.686. The predicted molar refractivity (Wildman–Crippen MR) is 101 cm³/mol. The monoisotopic (exact) mass is 427 g/mol. The van der Waals surface area contributed by atoms with E-state index in [2.05, 4.69) is 15.9 Å². The van der Waals surface area contributed by atoms with E-state index in [-0.39, 0.29) is 23.1 Å². The molecule has 2 heterocycles. The maximum atomic E-state index is 11.9. The number of amides is 1. The van der Waals surface area contributed by atoms with Gasteiger partial charge in [0.05, 0.1) is 31.1 Å². The lowest BCUT2D eigenvalue weighted by molar-refractivity contribution is -0.0221. The minimum absolute atomic E-state index is 0.00305. The number of halogens is 1. The Morgan fingerprint density at radius 1 is 1.15 bits per heavy atom. The van der Waals surface area contributed by atoms with Crippen molar-refractivity contribution in [2.75, 3.05) is 26.3 Å². The van der Waals surface area contributed by atoms with Crippen LogP contribution in [0.5, 0.6) is 11.5 Å². The van der Waals surface area contributed by atoms with Crippen LogP contribution in [0.25, 0.3) is 0 Å². The first kappa shape index (κ1) is 19.3. The van der Waals surface area contributed by atoms with Gasteiger partial charge in [-0.3, -0.25) is 0 Å². The van der Waals surface area contributed by atoms with Crippen LogP contribution in [0.2, 0.25) is 0 Å². The molecule has 1 aromatic rings. The minimum atomic E-state index is -0.475. The number of carbonyl (C=O) groups is 1. The number of hydrogen-bond acceptors (Lipinski definition) is 5. The second-order valence-electron chi connectivity index (χ2n) is 7.63. The van der Waals surface area contributed by atoms with Gasteiger partial charge in [-0.05, 0) is 45.0 Å². The molecule has 1 amide bonds. The minimum Gasteiger partial charge on any atom is -0.489 e. The van der Waals surface area contributed by atoms with Gasteiger partial charge in [-0.15, -0.1) is 0 Å². The van der Waals surface area contributed by atoms with Gasteiger partial charge in [0.15, 0.2) is 0 Å². The summed E-state index contributed by atoms with van der Waals surface area (Å²) in [6.45, 7) is 8.06. The largest absolute Gasteiger partial charge is 0.489 e. The van der Waals surface area contributed by atoms with Crippen molar-refractivity contribution < 1.29 is 23.7 Å². The Kier molecular flexibility index (Phi) is 5.97. The summed E-state index contributed by atoms with van der Waals surface area (Å²) in [7, 11) is 0. The van der Waals surface area contributed by atoms with E-state index in [1.807, 2.05) is 45.0 Å². The molecule has 2 aliphatic rings. The van der Waals surface area contributed by atoms with Crippen LogP contribution in [-0.2, 0) is 9.47 Å². The zero-order valence-electron chi connectivity index (χ0n) is 15.4. The molecular weight excluding hydrogens is 402 g/mol. The standard InChI is InChI=1S/C19H26BrNO5/c1-19(2,3)26-18(22)21-10-15(11-21)24-13-4-6-14(7-5-13)25-17-8-9-23-12-16(17)20/h4-7,15-17H,8-12H2,1-3H3. The summed E-state index contributed by atoms with van der Waals surface area (Å²) in [5.74, 6) is 1.59. The number of carbonyl (C=O) groups excluding carboxylic acids is 1. The summed E-state index contributed by atoms with van der Waals surface area (Å²) in [5, 5.41) is 0. The van der Waals surface area contributed by atoms with Gasteiger partial charge in [0.25, 0.3) is 0 Å². The highest BCUT2D eigenvalue weighted by molar-refractivity contribution is 9.09. The first-order valence-electron chi connectivity index (χ1n) is 8.93. The molecule has 0 aliphatic carbocycles. The third kappa shape index (κ3) is 5.27. The van der Waals surface area contributed by atoms with Crippen LogP contribution in [0, 0.1) is 0 Å². The lowest BCUT2D eigenvalue weighted by Gasteiger charge is -2.39. The van der Waals surface area contributed by atoms with Gasteiger partial charge in [-0.25, -0.2) is 4.79 Å². The fraction of sp³-hybridized carbons (Fsp3) is 0.632. The molecule has 0 N–H and O–H groups in total. The molecule has 0 bridgehead atoms. The highest BCUT2D eigenvalue weighted by atomic mass is 79.9. The molecule has 26 heavy (non-hydrogen) atoms. The van der Waals surface area contributed by atoms with Crippen LogP contribution in [0.4, 0.5) is 4.79 Å². The van der Waals surface area contributed by atoms with Crippen LogP contribution < -0.4 is 9.47 Å². The first-order valence-corrected chi connectivity index (χ1v) is 9.85. The molecule has 2 saturated heterocycles. The van der Waals surface area contributed by atoms with Crippen molar-refractivity contribution in [1.82, 2.24) is 4.90 Å². The normalized spacial score (nSPS) is 23.9. The highest BCUT2D eigenvalue weighted by Gasteiger charge is 2.35. The van der Waals surface area contributed by atoms with Gasteiger partial charge in [0, 0.05) is 6.42 Å². The van der Waals surface area contributed by atoms with Crippen LogP contribution in [-0.4, -0.2) is 59.9 Å². The van der Waals surface area contributed by atoms with Gasteiger partial charge in [0.2, 0.25) is 0 Å². The summed E-state index contributed by atoms with van der Waals surface area (Å²) >= 11 is 3.59. The summed E-state index contributed by atoms with van der Waals surface area (Å²) in [6, 6.07) is 7.62. The molecule has 2 unspecified atom stereocenters. The average molecular weight is 428 g/mol. The van der Waals surface area contributed by atoms with Crippen LogP contribution in [0.1, 0.15) is 27.2 Å². The molecule has 2 atom stereocenters. The van der Waals surface area contributed by atoms with E-state index >= 15 is 0 Å². The molecule has 0 radical (unpaired) electrons. The molecule has 1 aromatic carbocycles. The SMILES string of the molecule is CC(C)(C)OC(=O)N1CC(Oc2ccc(OC3CCOCC3Br)cc2)C1. The topological polar surface area (TPSA) is 57.2 Å². The number of alkyl halides is 1. The fourth-order valence-corrected chi connectivity index (χ4v) is 3.33. The maximum absolute atomic E-state index is 11.9. The number of benzene rings is 1. The molecule has 2 fully saturated rings. The predicted octanol–water partition coefficient (Wildman–Crippen LogP) is 3.62. The van der Waals surface area contributed by atoms with Crippen molar-refractivity contribution in [3.63, 3.8) is 0 Å². The van der Waals surface area contributed by atoms with Crippen molar-refractivity contribution in [3.8, 4) is 11.5 Å². The van der Waals surface area contributed by atoms with Crippen molar-refractivity contribution >= 4 is 22.0 Å². The second kappa shape index (κ2) is 8.05. The first-order chi connectivity index (χ1) is 12.3.